The van der Waals surface area contributed by atoms with Crippen LogP contribution in [0.2, 0.25) is 0 Å². The summed E-state index contributed by atoms with van der Waals surface area (Å²) in [6.07, 6.45) is 4.48. The van der Waals surface area contributed by atoms with Gasteiger partial charge >= 0.3 is 7.12 Å². The summed E-state index contributed by atoms with van der Waals surface area (Å²) >= 11 is 0. The van der Waals surface area contributed by atoms with E-state index in [4.69, 9.17) is 9.31 Å². The molecule has 2 amide bonds. The average molecular weight is 548 g/mol. The molecule has 2 heterocycles. The molecule has 1 aliphatic heterocycles. The summed E-state index contributed by atoms with van der Waals surface area (Å²) in [6.45, 7) is 12.4. The highest BCUT2D eigenvalue weighted by Crippen LogP contribution is 2.65. The maximum atomic E-state index is 13.5. The minimum atomic E-state index is -1.20. The van der Waals surface area contributed by atoms with E-state index in [9.17, 15) is 14.7 Å². The molecule has 10 heteroatoms. The number of benzene rings is 1. The highest BCUT2D eigenvalue weighted by molar-refractivity contribution is 6.48. The minimum Gasteiger partial charge on any atom is -0.404 e. The zero-order valence-electron chi connectivity index (χ0n) is 24.3. The quantitative estimate of drug-likeness (QED) is 0.411. The molecule has 4 fully saturated rings. The van der Waals surface area contributed by atoms with Crippen molar-refractivity contribution in [3.8, 4) is 11.3 Å². The average Bonchev–Trinajstić information content (AvgIpc) is 3.28. The molecular formula is C30H41BN4O5. The molecule has 2 bridgehead atoms. The number of nitrogens with zero attached hydrogens (tertiary/aromatic N) is 2. The minimum absolute atomic E-state index is 0.0106. The van der Waals surface area contributed by atoms with E-state index >= 15 is 0 Å². The molecule has 0 unspecified atom stereocenters. The molecule has 9 nitrogen and oxygen atoms in total. The van der Waals surface area contributed by atoms with Gasteiger partial charge < -0.3 is 25.0 Å². The molecule has 3 aliphatic carbocycles. The van der Waals surface area contributed by atoms with Crippen LogP contribution < -0.4 is 10.6 Å². The summed E-state index contributed by atoms with van der Waals surface area (Å²) in [7, 11) is -0.602. The van der Waals surface area contributed by atoms with Crippen LogP contribution in [0.3, 0.4) is 0 Å². The Balaban J connectivity index is 1.29. The second kappa shape index (κ2) is 10.9. The lowest BCUT2D eigenvalue weighted by atomic mass is 9.43. The molecule has 3 saturated carbocycles. The van der Waals surface area contributed by atoms with Gasteiger partial charge in [-0.25, -0.2) is 4.98 Å². The summed E-state index contributed by atoms with van der Waals surface area (Å²) in [5.41, 5.74) is 1.22. The fraction of sp³-hybridized carbons (Fsp3) is 0.600. The number of carbonyl (C=O) groups is 2. The molecule has 1 aromatic carbocycles. The van der Waals surface area contributed by atoms with E-state index in [-0.39, 0.29) is 23.1 Å². The Morgan fingerprint density at radius 2 is 1.82 bits per heavy atom. The van der Waals surface area contributed by atoms with Gasteiger partial charge in [0.1, 0.15) is 11.7 Å². The second-order valence-electron chi connectivity index (χ2n) is 12.9. The number of aliphatic hydroxyl groups excluding tert-OH is 1. The van der Waals surface area contributed by atoms with E-state index < -0.39 is 42.6 Å². The molecule has 214 valence electrons. The van der Waals surface area contributed by atoms with E-state index in [1.807, 2.05) is 30.3 Å². The smallest absolute Gasteiger partial charge is 0.404 e. The summed E-state index contributed by atoms with van der Waals surface area (Å²) < 4.78 is 13.1. The topological polar surface area (TPSA) is 123 Å². The van der Waals surface area contributed by atoms with Crippen molar-refractivity contribution >= 4 is 18.9 Å². The highest BCUT2D eigenvalue weighted by atomic mass is 16.7. The summed E-state index contributed by atoms with van der Waals surface area (Å²) in [5.74, 6) is -0.252. The molecule has 2 aromatic rings. The molecule has 4 aliphatic rings. The first-order chi connectivity index (χ1) is 18.9. The fourth-order valence-corrected chi connectivity index (χ4v) is 6.93. The number of carbonyl (C=O) groups excluding carboxylic acids is 2. The molecular weight excluding hydrogens is 507 g/mol. The number of rotatable bonds is 9. The van der Waals surface area contributed by atoms with E-state index in [1.54, 1.807) is 6.20 Å². The number of hydrogen-bond donors (Lipinski definition) is 3. The van der Waals surface area contributed by atoms with Crippen LogP contribution in [-0.4, -0.2) is 63.8 Å². The van der Waals surface area contributed by atoms with Gasteiger partial charge in [0.2, 0.25) is 5.91 Å². The molecule has 0 radical (unpaired) electrons. The van der Waals surface area contributed by atoms with Gasteiger partial charge in [-0.2, -0.15) is 0 Å². The van der Waals surface area contributed by atoms with Gasteiger partial charge in [-0.15, -0.1) is 0 Å². The molecule has 1 aromatic heterocycles. The van der Waals surface area contributed by atoms with Crippen LogP contribution in [0.15, 0.2) is 42.7 Å². The van der Waals surface area contributed by atoms with Crippen LogP contribution in [0.4, 0.5) is 0 Å². The van der Waals surface area contributed by atoms with Crippen LogP contribution in [0, 0.1) is 23.2 Å². The predicted molar refractivity (Wildman–Crippen MR) is 152 cm³/mol. The fourth-order valence-electron chi connectivity index (χ4n) is 6.93. The lowest BCUT2D eigenvalue weighted by Gasteiger charge is -2.64. The van der Waals surface area contributed by atoms with E-state index in [0.29, 0.717) is 24.0 Å². The van der Waals surface area contributed by atoms with Gasteiger partial charge in [-0.1, -0.05) is 58.0 Å². The van der Waals surface area contributed by atoms with Crippen molar-refractivity contribution in [2.45, 2.75) is 90.6 Å². The van der Waals surface area contributed by atoms with Crippen molar-refractivity contribution in [3.63, 3.8) is 0 Å². The van der Waals surface area contributed by atoms with Crippen molar-refractivity contribution in [2.24, 2.45) is 23.2 Å². The Labute approximate surface area is 237 Å². The molecule has 40 heavy (non-hydrogen) atoms. The highest BCUT2D eigenvalue weighted by Gasteiger charge is 2.68. The maximum Gasteiger partial charge on any atom is 0.481 e. The Kier molecular flexibility index (Phi) is 7.80. The standard InChI is InChI=1S/C30H41BN4O5/c1-17(2)12-25(31-39-24-14-20-13-23(29(20,4)5)30(24,6)40-31)34-28(38)26(18(3)36)35-27(37)22-16-32-15-21(33-22)19-10-8-7-9-11-19/h7-11,15-18,20,23-26,36H,12-14H2,1-6H3,(H,34,38)(H,35,37)/t18-,20-,23-,24-,25+,26+,30+/m1/s1. The van der Waals surface area contributed by atoms with Crippen molar-refractivity contribution in [3.05, 3.63) is 48.4 Å². The van der Waals surface area contributed by atoms with Crippen LogP contribution in [-0.2, 0) is 14.1 Å². The third-order valence-electron chi connectivity index (χ3n) is 9.34. The van der Waals surface area contributed by atoms with Gasteiger partial charge in [0.15, 0.2) is 0 Å². The lowest BCUT2D eigenvalue weighted by Crippen LogP contribution is -2.65. The Morgan fingerprint density at radius 3 is 2.48 bits per heavy atom. The number of amides is 2. The van der Waals surface area contributed by atoms with Crippen LogP contribution >= 0.6 is 0 Å². The third kappa shape index (κ3) is 5.29. The van der Waals surface area contributed by atoms with E-state index in [0.717, 1.165) is 18.4 Å². The normalized spacial score (nSPS) is 28.7. The monoisotopic (exact) mass is 548 g/mol. The van der Waals surface area contributed by atoms with Crippen LogP contribution in [0.5, 0.6) is 0 Å². The summed E-state index contributed by atoms with van der Waals surface area (Å²) in [4.78, 5) is 35.2. The first kappa shape index (κ1) is 28.7. The van der Waals surface area contributed by atoms with Crippen LogP contribution in [0.1, 0.15) is 71.3 Å². The number of aliphatic hydroxyl groups is 1. The molecule has 0 spiro atoms. The Bertz CT molecular complexity index is 1240. The zero-order valence-corrected chi connectivity index (χ0v) is 24.3. The second-order valence-corrected chi connectivity index (χ2v) is 12.9. The Morgan fingerprint density at radius 1 is 1.10 bits per heavy atom. The van der Waals surface area contributed by atoms with Gasteiger partial charge in [-0.3, -0.25) is 14.6 Å². The number of aromatic nitrogens is 2. The molecule has 7 atom stereocenters. The molecule has 1 saturated heterocycles. The molecule has 6 rings (SSSR count). The van der Waals surface area contributed by atoms with E-state index in [2.05, 4.69) is 55.2 Å². The van der Waals surface area contributed by atoms with Crippen molar-refractivity contribution < 1.29 is 24.0 Å². The van der Waals surface area contributed by atoms with E-state index in [1.165, 1.54) is 13.1 Å². The first-order valence-electron chi connectivity index (χ1n) is 14.4. The van der Waals surface area contributed by atoms with Crippen molar-refractivity contribution in [1.82, 2.24) is 20.6 Å². The third-order valence-corrected chi connectivity index (χ3v) is 9.34. The van der Waals surface area contributed by atoms with Crippen molar-refractivity contribution in [2.75, 3.05) is 0 Å². The van der Waals surface area contributed by atoms with Gasteiger partial charge in [0.05, 0.1) is 41.8 Å². The SMILES string of the molecule is CC(C)C[C@H](NC(=O)[C@@H](NC(=O)c1cncc(-c2ccccc2)n1)[C@@H](C)O)B1O[C@@H]2C[C@H]3C[C@H](C3(C)C)[C@]2(C)O1. The number of hydrogen-bond acceptors (Lipinski definition) is 7. The van der Waals surface area contributed by atoms with Crippen LogP contribution in [0.25, 0.3) is 11.3 Å². The molecule has 3 N–H and O–H groups in total. The van der Waals surface area contributed by atoms with Gasteiger partial charge in [-0.05, 0) is 56.3 Å². The largest absolute Gasteiger partial charge is 0.481 e. The summed E-state index contributed by atoms with van der Waals surface area (Å²) in [6, 6.07) is 8.20. The number of nitrogens with one attached hydrogen (secondary N) is 2. The predicted octanol–water partition coefficient (Wildman–Crippen LogP) is 3.42. The van der Waals surface area contributed by atoms with Crippen molar-refractivity contribution in [1.29, 1.82) is 0 Å². The summed E-state index contributed by atoms with van der Waals surface area (Å²) in [5, 5.41) is 16.2. The Hall–Kier alpha value is -2.82. The maximum absolute atomic E-state index is 13.5. The zero-order chi connectivity index (χ0) is 28.8. The first-order valence-corrected chi connectivity index (χ1v) is 14.4. The van der Waals surface area contributed by atoms with Gasteiger partial charge in [0.25, 0.3) is 5.91 Å². The van der Waals surface area contributed by atoms with Gasteiger partial charge in [0, 0.05) is 5.56 Å². The lowest BCUT2D eigenvalue weighted by molar-refractivity contribution is -0.199.